The first-order valence-corrected chi connectivity index (χ1v) is 8.20. The normalized spacial score (nSPS) is 20.4. The van der Waals surface area contributed by atoms with Gasteiger partial charge in [0.25, 0.3) is 0 Å². The molecular formula is C19H20FN3O2. The van der Waals surface area contributed by atoms with Gasteiger partial charge in [-0.15, -0.1) is 0 Å². The van der Waals surface area contributed by atoms with Gasteiger partial charge in [0.05, 0.1) is 12.0 Å². The Balaban J connectivity index is 1.87. The summed E-state index contributed by atoms with van der Waals surface area (Å²) in [6.45, 7) is 1.92. The fourth-order valence-electron chi connectivity index (χ4n) is 3.25. The second-order valence-corrected chi connectivity index (χ2v) is 6.35. The van der Waals surface area contributed by atoms with Gasteiger partial charge in [-0.1, -0.05) is 12.1 Å². The molecule has 1 aromatic carbocycles. The van der Waals surface area contributed by atoms with Crippen molar-refractivity contribution in [1.82, 2.24) is 9.88 Å². The minimum absolute atomic E-state index is 0.0212. The second-order valence-electron chi connectivity index (χ2n) is 6.35. The van der Waals surface area contributed by atoms with Crippen LogP contribution < -0.4 is 5.32 Å². The number of halogens is 1. The largest absolute Gasteiger partial charge is 0.338 e. The van der Waals surface area contributed by atoms with E-state index in [1.165, 1.54) is 12.1 Å². The van der Waals surface area contributed by atoms with Gasteiger partial charge in [-0.2, -0.15) is 0 Å². The number of aryl methyl sites for hydroxylation is 1. The van der Waals surface area contributed by atoms with Crippen molar-refractivity contribution in [2.45, 2.75) is 25.8 Å². The monoisotopic (exact) mass is 341 g/mol. The molecule has 0 spiro atoms. The SMILES string of the molecule is Cc1ccnc(NC(=O)C2CCC(=O)N(C)C2c2ccc(F)cc2)c1. The van der Waals surface area contributed by atoms with E-state index in [1.807, 2.05) is 13.0 Å². The number of hydrogen-bond donors (Lipinski definition) is 1. The Morgan fingerprint density at radius 1 is 1.28 bits per heavy atom. The quantitative estimate of drug-likeness (QED) is 0.933. The van der Waals surface area contributed by atoms with Crippen LogP contribution in [0.5, 0.6) is 0 Å². The van der Waals surface area contributed by atoms with E-state index in [4.69, 9.17) is 0 Å². The molecule has 1 fully saturated rings. The zero-order valence-electron chi connectivity index (χ0n) is 14.2. The molecule has 1 N–H and O–H groups in total. The van der Waals surface area contributed by atoms with Crippen LogP contribution in [0.4, 0.5) is 10.2 Å². The van der Waals surface area contributed by atoms with Gasteiger partial charge in [-0.05, 0) is 48.7 Å². The molecule has 1 aliphatic rings. The zero-order valence-corrected chi connectivity index (χ0v) is 14.2. The highest BCUT2D eigenvalue weighted by atomic mass is 19.1. The highest BCUT2D eigenvalue weighted by Gasteiger charge is 2.38. The summed E-state index contributed by atoms with van der Waals surface area (Å²) in [5.74, 6) is -0.491. The van der Waals surface area contributed by atoms with Crippen molar-refractivity contribution in [1.29, 1.82) is 0 Å². The highest BCUT2D eigenvalue weighted by molar-refractivity contribution is 5.94. The number of piperidine rings is 1. The maximum atomic E-state index is 13.2. The number of aromatic nitrogens is 1. The minimum atomic E-state index is -0.424. The molecule has 2 amide bonds. The summed E-state index contributed by atoms with van der Waals surface area (Å²) in [7, 11) is 1.68. The maximum Gasteiger partial charge on any atom is 0.231 e. The van der Waals surface area contributed by atoms with E-state index < -0.39 is 12.0 Å². The smallest absolute Gasteiger partial charge is 0.231 e. The van der Waals surface area contributed by atoms with Crippen LogP contribution in [0.1, 0.15) is 30.0 Å². The van der Waals surface area contributed by atoms with Gasteiger partial charge in [0.1, 0.15) is 11.6 Å². The van der Waals surface area contributed by atoms with Gasteiger partial charge >= 0.3 is 0 Å². The topological polar surface area (TPSA) is 62.3 Å². The molecule has 0 radical (unpaired) electrons. The van der Waals surface area contributed by atoms with Gasteiger partial charge in [-0.3, -0.25) is 9.59 Å². The number of rotatable bonds is 3. The summed E-state index contributed by atoms with van der Waals surface area (Å²) in [4.78, 5) is 30.7. The number of carbonyl (C=O) groups excluding carboxylic acids is 2. The van der Waals surface area contributed by atoms with Crippen LogP contribution in [-0.2, 0) is 9.59 Å². The summed E-state index contributed by atoms with van der Waals surface area (Å²) < 4.78 is 13.2. The van der Waals surface area contributed by atoms with Crippen molar-refractivity contribution in [3.63, 3.8) is 0 Å². The van der Waals surface area contributed by atoms with Crippen LogP contribution in [0.2, 0.25) is 0 Å². The Hall–Kier alpha value is -2.76. The van der Waals surface area contributed by atoms with Gasteiger partial charge in [0.2, 0.25) is 11.8 Å². The van der Waals surface area contributed by atoms with Crippen molar-refractivity contribution >= 4 is 17.6 Å². The molecule has 2 atom stereocenters. The molecule has 3 rings (SSSR count). The van der Waals surface area contributed by atoms with Crippen molar-refractivity contribution in [3.05, 3.63) is 59.5 Å². The molecular weight excluding hydrogens is 321 g/mol. The third-order valence-corrected chi connectivity index (χ3v) is 4.58. The third kappa shape index (κ3) is 3.68. The lowest BCUT2D eigenvalue weighted by Crippen LogP contribution is -2.44. The summed E-state index contributed by atoms with van der Waals surface area (Å²) >= 11 is 0. The first kappa shape index (κ1) is 17.1. The third-order valence-electron chi connectivity index (χ3n) is 4.58. The van der Waals surface area contributed by atoms with Crippen molar-refractivity contribution in [2.75, 3.05) is 12.4 Å². The lowest BCUT2D eigenvalue weighted by atomic mass is 9.84. The molecule has 1 aliphatic heterocycles. The molecule has 0 bridgehead atoms. The Labute approximate surface area is 145 Å². The van der Waals surface area contributed by atoms with E-state index in [1.54, 1.807) is 36.3 Å². The molecule has 2 aromatic rings. The predicted octanol–water partition coefficient (Wildman–Crippen LogP) is 3.08. The Morgan fingerprint density at radius 2 is 2.00 bits per heavy atom. The number of anilines is 1. The Kier molecular flexibility index (Phi) is 4.79. The molecule has 0 saturated carbocycles. The molecule has 2 unspecified atom stereocenters. The van der Waals surface area contributed by atoms with E-state index in [0.29, 0.717) is 18.7 Å². The second kappa shape index (κ2) is 7.01. The average Bonchev–Trinajstić information content (AvgIpc) is 2.58. The number of hydrogen-bond acceptors (Lipinski definition) is 3. The molecule has 1 saturated heterocycles. The van der Waals surface area contributed by atoms with Gasteiger partial charge < -0.3 is 10.2 Å². The van der Waals surface area contributed by atoms with Crippen LogP contribution in [-0.4, -0.2) is 28.7 Å². The standard InChI is InChI=1S/C19H20FN3O2/c1-12-9-10-21-16(11-12)22-19(25)15-7-8-17(24)23(2)18(15)13-3-5-14(20)6-4-13/h3-6,9-11,15,18H,7-8H2,1-2H3,(H,21,22,25). The first-order chi connectivity index (χ1) is 12.0. The van der Waals surface area contributed by atoms with Crippen molar-refractivity contribution in [2.24, 2.45) is 5.92 Å². The van der Waals surface area contributed by atoms with Crippen LogP contribution in [0.3, 0.4) is 0 Å². The molecule has 6 heteroatoms. The van der Waals surface area contributed by atoms with E-state index in [9.17, 15) is 14.0 Å². The Morgan fingerprint density at radius 3 is 2.68 bits per heavy atom. The van der Waals surface area contributed by atoms with E-state index in [2.05, 4.69) is 10.3 Å². The van der Waals surface area contributed by atoms with Gasteiger partial charge in [0, 0.05) is 19.7 Å². The number of benzene rings is 1. The average molecular weight is 341 g/mol. The predicted molar refractivity (Wildman–Crippen MR) is 92.2 cm³/mol. The van der Waals surface area contributed by atoms with Crippen LogP contribution in [0.15, 0.2) is 42.6 Å². The summed E-state index contributed by atoms with van der Waals surface area (Å²) in [5, 5.41) is 2.84. The molecule has 2 heterocycles. The molecule has 5 nitrogen and oxygen atoms in total. The van der Waals surface area contributed by atoms with Gasteiger partial charge in [-0.25, -0.2) is 9.37 Å². The first-order valence-electron chi connectivity index (χ1n) is 8.20. The molecule has 130 valence electrons. The summed E-state index contributed by atoms with van der Waals surface area (Å²) in [5.41, 5.74) is 1.74. The fraction of sp³-hybridized carbons (Fsp3) is 0.316. The number of carbonyl (C=O) groups is 2. The molecule has 1 aromatic heterocycles. The lowest BCUT2D eigenvalue weighted by molar-refractivity contribution is -0.140. The lowest BCUT2D eigenvalue weighted by Gasteiger charge is -2.38. The van der Waals surface area contributed by atoms with E-state index in [0.717, 1.165) is 11.1 Å². The van der Waals surface area contributed by atoms with E-state index >= 15 is 0 Å². The molecule has 25 heavy (non-hydrogen) atoms. The number of nitrogens with zero attached hydrogens (tertiary/aromatic N) is 2. The number of nitrogens with one attached hydrogen (secondary N) is 1. The summed E-state index contributed by atoms with van der Waals surface area (Å²) in [6.07, 6.45) is 2.40. The zero-order chi connectivity index (χ0) is 18.0. The van der Waals surface area contributed by atoms with E-state index in [-0.39, 0.29) is 17.6 Å². The van der Waals surface area contributed by atoms with Gasteiger partial charge in [0.15, 0.2) is 0 Å². The maximum absolute atomic E-state index is 13.2. The van der Waals surface area contributed by atoms with Crippen molar-refractivity contribution in [3.8, 4) is 0 Å². The highest BCUT2D eigenvalue weighted by Crippen LogP contribution is 2.36. The number of amides is 2. The minimum Gasteiger partial charge on any atom is -0.338 e. The molecule has 0 aliphatic carbocycles. The van der Waals surface area contributed by atoms with Crippen LogP contribution in [0.25, 0.3) is 0 Å². The number of likely N-dealkylation sites (tertiary alicyclic amines) is 1. The Bertz CT molecular complexity index is 792. The van der Waals surface area contributed by atoms with Crippen molar-refractivity contribution < 1.29 is 14.0 Å². The fourth-order valence-corrected chi connectivity index (χ4v) is 3.25. The number of pyridine rings is 1. The summed E-state index contributed by atoms with van der Waals surface area (Å²) in [6, 6.07) is 9.16. The van der Waals surface area contributed by atoms with Crippen LogP contribution in [0, 0.1) is 18.7 Å². The van der Waals surface area contributed by atoms with Crippen LogP contribution >= 0.6 is 0 Å².